The average molecular weight is 321 g/mol. The van der Waals surface area contributed by atoms with E-state index in [9.17, 15) is 19.8 Å². The largest absolute Gasteiger partial charge is 0.506 e. The molecule has 0 spiro atoms. The second kappa shape index (κ2) is 7.43. The number of phenolic OH excluding ortho intramolecular Hbond substituents is 1. The Hall–Kier alpha value is -2.12. The quantitative estimate of drug-likeness (QED) is 0.692. The van der Waals surface area contributed by atoms with Crippen LogP contribution in [0.4, 0.5) is 5.69 Å². The molecule has 1 amide bonds. The normalized spacial score (nSPS) is 17.7. The molecule has 0 aliphatic carbocycles. The number of nitrogens with zero attached hydrogens (tertiary/aromatic N) is 2. The monoisotopic (exact) mass is 321 g/mol. The maximum atomic E-state index is 12.2. The van der Waals surface area contributed by atoms with E-state index in [-0.39, 0.29) is 12.2 Å². The van der Waals surface area contributed by atoms with Crippen LogP contribution in [0.3, 0.4) is 0 Å². The number of amides is 1. The van der Waals surface area contributed by atoms with Gasteiger partial charge in [-0.3, -0.25) is 14.5 Å². The molecule has 1 fully saturated rings. The summed E-state index contributed by atoms with van der Waals surface area (Å²) >= 11 is 0. The minimum absolute atomic E-state index is 0.0320. The third kappa shape index (κ3) is 4.67. The summed E-state index contributed by atoms with van der Waals surface area (Å²) in [6.07, 6.45) is -0.146. The Bertz CT molecular complexity index is 583. The predicted molar refractivity (Wildman–Crippen MR) is 86.6 cm³/mol. The number of piperazine rings is 1. The number of phenols is 1. The van der Waals surface area contributed by atoms with Crippen LogP contribution in [0.1, 0.15) is 12.0 Å². The lowest BCUT2D eigenvalue weighted by atomic mass is 10.1. The van der Waals surface area contributed by atoms with Crippen LogP contribution >= 0.6 is 0 Å². The van der Waals surface area contributed by atoms with Gasteiger partial charge in [0.2, 0.25) is 5.91 Å². The highest BCUT2D eigenvalue weighted by Gasteiger charge is 2.30. The van der Waals surface area contributed by atoms with Crippen LogP contribution in [0.5, 0.6) is 5.75 Å². The number of aliphatic carboxylic acids is 1. The van der Waals surface area contributed by atoms with Crippen LogP contribution < -0.4 is 5.32 Å². The fourth-order valence-corrected chi connectivity index (χ4v) is 2.63. The summed E-state index contributed by atoms with van der Waals surface area (Å²) in [5.74, 6) is -1.45. The highest BCUT2D eigenvalue weighted by atomic mass is 16.4. The first-order chi connectivity index (χ1) is 10.9. The van der Waals surface area contributed by atoms with Crippen LogP contribution in [-0.2, 0) is 9.59 Å². The number of anilines is 1. The Morgan fingerprint density at radius 1 is 1.26 bits per heavy atom. The van der Waals surface area contributed by atoms with Crippen molar-refractivity contribution in [1.82, 2.24) is 9.80 Å². The molecule has 1 atom stereocenters. The molecule has 23 heavy (non-hydrogen) atoms. The molecule has 0 radical (unpaired) electrons. The molecule has 126 valence electrons. The number of hydrogen-bond acceptors (Lipinski definition) is 5. The fourth-order valence-electron chi connectivity index (χ4n) is 2.63. The van der Waals surface area contributed by atoms with Crippen molar-refractivity contribution in [2.75, 3.05) is 38.5 Å². The summed E-state index contributed by atoms with van der Waals surface area (Å²) in [5.41, 5.74) is 1.20. The number of rotatable bonds is 5. The number of hydrogen-bond donors (Lipinski definition) is 3. The van der Waals surface area contributed by atoms with Gasteiger partial charge in [-0.15, -0.1) is 0 Å². The molecule has 3 N–H and O–H groups in total. The molecule has 1 aliphatic heterocycles. The summed E-state index contributed by atoms with van der Waals surface area (Å²) in [5, 5.41) is 21.8. The smallest absolute Gasteiger partial charge is 0.321 e. The van der Waals surface area contributed by atoms with Crippen LogP contribution in [0.15, 0.2) is 18.2 Å². The summed E-state index contributed by atoms with van der Waals surface area (Å²) < 4.78 is 0. The molecule has 0 unspecified atom stereocenters. The first kappa shape index (κ1) is 17.2. The molecular formula is C16H23N3O4. The molecule has 0 aromatic heterocycles. The number of benzene rings is 1. The van der Waals surface area contributed by atoms with Gasteiger partial charge in [-0.05, 0) is 31.7 Å². The number of nitrogens with one attached hydrogen (secondary N) is 1. The van der Waals surface area contributed by atoms with Crippen LogP contribution in [0.25, 0.3) is 0 Å². The Balaban J connectivity index is 2.00. The predicted octanol–water partition coefficient (Wildman–Crippen LogP) is 0.730. The third-order valence-corrected chi connectivity index (χ3v) is 4.07. The first-order valence-corrected chi connectivity index (χ1v) is 7.61. The van der Waals surface area contributed by atoms with Crippen molar-refractivity contribution in [3.05, 3.63) is 23.8 Å². The number of aryl methyl sites for hydroxylation is 1. The van der Waals surface area contributed by atoms with Gasteiger partial charge >= 0.3 is 5.97 Å². The van der Waals surface area contributed by atoms with E-state index in [4.69, 9.17) is 0 Å². The number of aromatic hydroxyl groups is 1. The minimum atomic E-state index is -1.00. The number of carboxylic acid groups (broad SMARTS) is 1. The van der Waals surface area contributed by atoms with Crippen LogP contribution in [-0.4, -0.2) is 71.2 Å². The fraction of sp³-hybridized carbons (Fsp3) is 0.500. The van der Waals surface area contributed by atoms with Crippen molar-refractivity contribution >= 4 is 17.6 Å². The van der Waals surface area contributed by atoms with Gasteiger partial charge < -0.3 is 20.4 Å². The van der Waals surface area contributed by atoms with E-state index >= 15 is 0 Å². The van der Waals surface area contributed by atoms with Crippen molar-refractivity contribution in [2.45, 2.75) is 19.4 Å². The van der Waals surface area contributed by atoms with Gasteiger partial charge in [0.15, 0.2) is 0 Å². The summed E-state index contributed by atoms with van der Waals surface area (Å²) in [7, 11) is 1.99. The Morgan fingerprint density at radius 3 is 2.52 bits per heavy atom. The van der Waals surface area contributed by atoms with Crippen molar-refractivity contribution in [3.8, 4) is 5.75 Å². The molecule has 1 saturated heterocycles. The Labute approximate surface area is 135 Å². The molecule has 1 aliphatic rings. The van der Waals surface area contributed by atoms with E-state index < -0.39 is 17.9 Å². The zero-order chi connectivity index (χ0) is 17.0. The molecule has 7 nitrogen and oxygen atoms in total. The number of likely N-dealkylation sites (N-methyl/N-ethyl adjacent to an activating group) is 1. The van der Waals surface area contributed by atoms with Gasteiger partial charge in [-0.1, -0.05) is 6.07 Å². The number of carbonyl (C=O) groups is 2. The summed E-state index contributed by atoms with van der Waals surface area (Å²) in [6.45, 7) is 4.65. The maximum absolute atomic E-state index is 12.2. The second-order valence-electron chi connectivity index (χ2n) is 5.97. The average Bonchev–Trinajstić information content (AvgIpc) is 2.49. The van der Waals surface area contributed by atoms with E-state index in [0.717, 1.165) is 18.7 Å². The molecule has 2 rings (SSSR count). The van der Waals surface area contributed by atoms with Gasteiger partial charge in [0.05, 0.1) is 12.1 Å². The summed E-state index contributed by atoms with van der Waals surface area (Å²) in [6, 6.07) is 4.03. The van der Waals surface area contributed by atoms with Gasteiger partial charge in [-0.25, -0.2) is 0 Å². The van der Waals surface area contributed by atoms with E-state index in [1.54, 1.807) is 12.1 Å². The van der Waals surface area contributed by atoms with Crippen LogP contribution in [0, 0.1) is 6.92 Å². The zero-order valence-electron chi connectivity index (χ0n) is 13.5. The standard InChI is InChI=1S/C16H23N3O4/c1-11-3-4-14(20)12(9-11)17-15(21)10-13(16(22)23)19-7-5-18(2)6-8-19/h3-4,9,13,20H,5-8,10H2,1-2H3,(H,17,21)(H,22,23)/t13-/m1/s1. The lowest BCUT2D eigenvalue weighted by Gasteiger charge is -2.35. The lowest BCUT2D eigenvalue weighted by Crippen LogP contribution is -2.52. The molecule has 1 aromatic rings. The molecule has 0 saturated carbocycles. The van der Waals surface area contributed by atoms with Gasteiger partial charge in [0, 0.05) is 26.2 Å². The molecule has 1 heterocycles. The van der Waals surface area contributed by atoms with Crippen LogP contribution in [0.2, 0.25) is 0 Å². The van der Waals surface area contributed by atoms with E-state index in [1.807, 2.05) is 18.9 Å². The third-order valence-electron chi connectivity index (χ3n) is 4.07. The first-order valence-electron chi connectivity index (χ1n) is 7.61. The topological polar surface area (TPSA) is 93.1 Å². The van der Waals surface area contributed by atoms with Gasteiger partial charge in [0.1, 0.15) is 11.8 Å². The second-order valence-corrected chi connectivity index (χ2v) is 5.97. The maximum Gasteiger partial charge on any atom is 0.321 e. The van der Waals surface area contributed by atoms with E-state index in [1.165, 1.54) is 6.07 Å². The van der Waals surface area contributed by atoms with Gasteiger partial charge in [0.25, 0.3) is 0 Å². The van der Waals surface area contributed by atoms with Crippen molar-refractivity contribution in [1.29, 1.82) is 0 Å². The highest BCUT2D eigenvalue weighted by Crippen LogP contribution is 2.24. The van der Waals surface area contributed by atoms with Crippen molar-refractivity contribution in [2.24, 2.45) is 0 Å². The van der Waals surface area contributed by atoms with Gasteiger partial charge in [-0.2, -0.15) is 0 Å². The Kier molecular flexibility index (Phi) is 5.57. The SMILES string of the molecule is Cc1ccc(O)c(NC(=O)C[C@H](C(=O)O)N2CCN(C)CC2)c1. The van der Waals surface area contributed by atoms with E-state index in [2.05, 4.69) is 10.2 Å². The lowest BCUT2D eigenvalue weighted by molar-refractivity contribution is -0.145. The zero-order valence-corrected chi connectivity index (χ0v) is 13.5. The molecular weight excluding hydrogens is 298 g/mol. The molecule has 1 aromatic carbocycles. The highest BCUT2D eigenvalue weighted by molar-refractivity contribution is 5.95. The number of carbonyl (C=O) groups excluding carboxylic acids is 1. The van der Waals surface area contributed by atoms with E-state index in [0.29, 0.717) is 18.8 Å². The minimum Gasteiger partial charge on any atom is -0.506 e. The molecule has 7 heteroatoms. The number of carboxylic acids is 1. The van der Waals surface area contributed by atoms with Crippen molar-refractivity contribution < 1.29 is 19.8 Å². The Morgan fingerprint density at radius 2 is 1.91 bits per heavy atom. The van der Waals surface area contributed by atoms with Crippen molar-refractivity contribution in [3.63, 3.8) is 0 Å². The molecule has 0 bridgehead atoms. The summed E-state index contributed by atoms with van der Waals surface area (Å²) in [4.78, 5) is 27.6.